The highest BCUT2D eigenvalue weighted by molar-refractivity contribution is 5.94. The van der Waals surface area contributed by atoms with Crippen molar-refractivity contribution in [2.75, 3.05) is 0 Å². The van der Waals surface area contributed by atoms with Gasteiger partial charge in [0.05, 0.1) is 10.9 Å². The number of aromatic nitrogens is 4. The maximum absolute atomic E-state index is 5.31. The molecule has 2 heterocycles. The van der Waals surface area contributed by atoms with E-state index in [-0.39, 0.29) is 0 Å². The van der Waals surface area contributed by atoms with E-state index >= 15 is 0 Å². The van der Waals surface area contributed by atoms with Gasteiger partial charge in [-0.3, -0.25) is 4.98 Å². The molecule has 2 aromatic heterocycles. The molecule has 0 saturated heterocycles. The van der Waals surface area contributed by atoms with Gasteiger partial charge in [-0.2, -0.15) is 0 Å². The Labute approximate surface area is 349 Å². The van der Waals surface area contributed by atoms with E-state index in [9.17, 15) is 0 Å². The van der Waals surface area contributed by atoms with Gasteiger partial charge >= 0.3 is 0 Å². The summed E-state index contributed by atoms with van der Waals surface area (Å²) in [6, 6.07) is 63.3. The first kappa shape index (κ1) is 34.5. The Morgan fingerprint density at radius 1 is 0.450 bits per heavy atom. The number of benzene rings is 7. The molecule has 0 unspecified atom stereocenters. The van der Waals surface area contributed by atoms with E-state index in [0.29, 0.717) is 17.5 Å². The minimum atomic E-state index is -0.532. The molecule has 0 aliphatic heterocycles. The normalized spacial score (nSPS) is 14.5. The van der Waals surface area contributed by atoms with Gasteiger partial charge in [0.1, 0.15) is 0 Å². The minimum Gasteiger partial charge on any atom is -0.256 e. The molecule has 0 saturated carbocycles. The van der Waals surface area contributed by atoms with Gasteiger partial charge in [0.15, 0.2) is 17.5 Å². The maximum Gasteiger partial charge on any atom is 0.164 e. The summed E-state index contributed by atoms with van der Waals surface area (Å²) in [7, 11) is 0. The van der Waals surface area contributed by atoms with Crippen molar-refractivity contribution >= 4 is 16.5 Å². The Hall–Kier alpha value is -7.56. The van der Waals surface area contributed by atoms with Gasteiger partial charge in [-0.15, -0.1) is 0 Å². The number of hydrogen-bond acceptors (Lipinski definition) is 4. The molecule has 282 valence electrons. The van der Waals surface area contributed by atoms with E-state index in [0.717, 1.165) is 58.0 Å². The third-order valence-corrected chi connectivity index (χ3v) is 12.8. The fraction of sp³-hybridized carbons (Fsp3) is 0.0714. The van der Waals surface area contributed by atoms with Crippen LogP contribution in [0.5, 0.6) is 0 Å². The number of pyridine rings is 1. The van der Waals surface area contributed by atoms with Gasteiger partial charge < -0.3 is 0 Å². The van der Waals surface area contributed by atoms with Crippen molar-refractivity contribution < 1.29 is 0 Å². The van der Waals surface area contributed by atoms with E-state index in [1.54, 1.807) is 0 Å². The van der Waals surface area contributed by atoms with Crippen molar-refractivity contribution in [2.24, 2.45) is 0 Å². The number of allylic oxidation sites excluding steroid dienone is 4. The summed E-state index contributed by atoms with van der Waals surface area (Å²) in [5, 5.41) is 1.12. The van der Waals surface area contributed by atoms with E-state index in [1.165, 1.54) is 55.7 Å². The molecule has 0 fully saturated rings. The van der Waals surface area contributed by atoms with Crippen LogP contribution in [0.4, 0.5) is 0 Å². The molecule has 0 atom stereocenters. The molecule has 0 radical (unpaired) electrons. The fourth-order valence-corrected chi connectivity index (χ4v) is 10.1. The molecule has 0 N–H and O–H groups in total. The van der Waals surface area contributed by atoms with E-state index in [4.69, 9.17) is 19.9 Å². The largest absolute Gasteiger partial charge is 0.256 e. The lowest BCUT2D eigenvalue weighted by Crippen LogP contribution is -2.28. The molecule has 60 heavy (non-hydrogen) atoms. The first-order valence-electron chi connectivity index (χ1n) is 20.8. The average Bonchev–Trinajstić information content (AvgIpc) is 3.85. The Kier molecular flexibility index (Phi) is 7.92. The number of rotatable bonds is 6. The molecule has 0 amide bonds. The van der Waals surface area contributed by atoms with Crippen molar-refractivity contribution in [1.29, 1.82) is 0 Å². The lowest BCUT2D eigenvalue weighted by atomic mass is 9.67. The predicted molar refractivity (Wildman–Crippen MR) is 243 cm³/mol. The summed E-state index contributed by atoms with van der Waals surface area (Å²) in [4.78, 5) is 20.5. The number of fused-ring (bicyclic) bond motifs is 6. The van der Waals surface area contributed by atoms with Gasteiger partial charge in [-0.1, -0.05) is 170 Å². The van der Waals surface area contributed by atoms with E-state index in [2.05, 4.69) is 182 Å². The Bertz CT molecular complexity index is 3180. The molecule has 3 aliphatic rings. The van der Waals surface area contributed by atoms with Gasteiger partial charge in [0, 0.05) is 33.8 Å². The van der Waals surface area contributed by atoms with Crippen molar-refractivity contribution in [2.45, 2.75) is 24.7 Å². The van der Waals surface area contributed by atoms with E-state index in [1.807, 2.05) is 12.3 Å². The number of para-hydroxylation sites is 1. The molecule has 3 aliphatic carbocycles. The van der Waals surface area contributed by atoms with Crippen LogP contribution in [0.2, 0.25) is 0 Å². The molecule has 0 spiro atoms. The highest BCUT2D eigenvalue weighted by atomic mass is 15.0. The average molecular weight is 767 g/mol. The van der Waals surface area contributed by atoms with Crippen LogP contribution < -0.4 is 0 Å². The maximum atomic E-state index is 5.31. The second kappa shape index (κ2) is 13.8. The van der Waals surface area contributed by atoms with Gasteiger partial charge in [0.2, 0.25) is 0 Å². The summed E-state index contributed by atoms with van der Waals surface area (Å²) >= 11 is 0. The smallest absolute Gasteiger partial charge is 0.164 e. The number of nitrogens with zero attached hydrogens (tertiary/aromatic N) is 4. The van der Waals surface area contributed by atoms with Gasteiger partial charge in [-0.25, -0.2) is 15.0 Å². The summed E-state index contributed by atoms with van der Waals surface area (Å²) in [6.45, 7) is 0. The zero-order chi connectivity index (χ0) is 39.6. The van der Waals surface area contributed by atoms with Crippen molar-refractivity contribution in [1.82, 2.24) is 19.9 Å². The third-order valence-electron chi connectivity index (χ3n) is 12.8. The van der Waals surface area contributed by atoms with Crippen molar-refractivity contribution in [3.05, 3.63) is 233 Å². The second-order valence-electron chi connectivity index (χ2n) is 16.0. The topological polar surface area (TPSA) is 51.6 Å². The standard InChI is InChI=1S/C56H38N4/c1-2-17-43(18-3-1)56(50-24-8-6-21-48(50)49-22-7-9-25-51(49)56)44-19-10-15-40(35-44)54-58-53(38-28-26-36(27-29-38)47-23-11-14-37-16-12-32-57-52(37)47)59-55(60-54)41-30-31-46-42(34-41)33-39-13-4-5-20-45(39)46/h1-4,6-19,21-32,34-35H,5,20,33H2. The Morgan fingerprint density at radius 2 is 1.07 bits per heavy atom. The highest BCUT2D eigenvalue weighted by Gasteiger charge is 2.46. The molecule has 4 heteroatoms. The van der Waals surface area contributed by atoms with Crippen LogP contribution in [-0.2, 0) is 11.8 Å². The monoisotopic (exact) mass is 766 g/mol. The summed E-state index contributed by atoms with van der Waals surface area (Å²) < 4.78 is 0. The zero-order valence-electron chi connectivity index (χ0n) is 32.9. The third kappa shape index (κ3) is 5.38. The SMILES string of the molecule is C1=CC2=C(CC1)c1ccc(-c3nc(-c4ccc(-c5cccc6cccnc56)cc4)nc(-c4cccc(C5(c6ccccc6)c6ccccc6-c6ccccc65)c4)n3)cc1C2. The van der Waals surface area contributed by atoms with Crippen molar-refractivity contribution in [3.63, 3.8) is 0 Å². The van der Waals surface area contributed by atoms with Crippen LogP contribution in [0.15, 0.2) is 200 Å². The summed E-state index contributed by atoms with van der Waals surface area (Å²) in [6.07, 6.45) is 9.60. The molecular formula is C56H38N4. The Morgan fingerprint density at radius 3 is 1.85 bits per heavy atom. The molecular weight excluding hydrogens is 729 g/mol. The van der Waals surface area contributed by atoms with E-state index < -0.39 is 5.41 Å². The predicted octanol–water partition coefficient (Wildman–Crippen LogP) is 13.1. The zero-order valence-corrected chi connectivity index (χ0v) is 32.9. The number of hydrogen-bond donors (Lipinski definition) is 0. The molecule has 4 nitrogen and oxygen atoms in total. The van der Waals surface area contributed by atoms with Crippen LogP contribution >= 0.6 is 0 Å². The highest BCUT2D eigenvalue weighted by Crippen LogP contribution is 2.56. The fourth-order valence-electron chi connectivity index (χ4n) is 10.1. The van der Waals surface area contributed by atoms with Gasteiger partial charge in [-0.05, 0) is 98.7 Å². The van der Waals surface area contributed by atoms with Crippen molar-refractivity contribution in [3.8, 4) is 56.4 Å². The lowest BCUT2D eigenvalue weighted by molar-refractivity contribution is 0.768. The van der Waals surface area contributed by atoms with Crippen LogP contribution in [-0.4, -0.2) is 19.9 Å². The van der Waals surface area contributed by atoms with Crippen LogP contribution in [0.1, 0.15) is 46.2 Å². The Balaban J connectivity index is 1.03. The molecule has 7 aromatic carbocycles. The minimum absolute atomic E-state index is 0.532. The second-order valence-corrected chi connectivity index (χ2v) is 16.0. The van der Waals surface area contributed by atoms with Gasteiger partial charge in [0.25, 0.3) is 0 Å². The summed E-state index contributed by atoms with van der Waals surface area (Å²) in [5.74, 6) is 1.95. The first-order chi connectivity index (χ1) is 29.7. The van der Waals surface area contributed by atoms with Crippen LogP contribution in [0.25, 0.3) is 72.9 Å². The first-order valence-corrected chi connectivity index (χ1v) is 20.8. The summed E-state index contributed by atoms with van der Waals surface area (Å²) in [5.41, 5.74) is 18.6. The molecule has 0 bridgehead atoms. The molecule has 12 rings (SSSR count). The molecule has 9 aromatic rings. The lowest BCUT2D eigenvalue weighted by Gasteiger charge is -2.34. The quantitative estimate of drug-likeness (QED) is 0.169. The van der Waals surface area contributed by atoms with Crippen LogP contribution in [0.3, 0.4) is 0 Å². The van der Waals surface area contributed by atoms with Crippen LogP contribution in [0, 0.1) is 0 Å².